The molecule has 1 fully saturated rings. The van der Waals surface area contributed by atoms with Crippen molar-refractivity contribution in [1.29, 1.82) is 0 Å². The summed E-state index contributed by atoms with van der Waals surface area (Å²) in [7, 11) is 0. The standard InChI is InChI=1S/C14H12O4/c1-8(16)12-6-11-13(18-14(11)17-12)10-4-2-9(7-15)3-5-10/h2-7,11,13-14H,1H3/t11-,13-,14+/m0/s1. The Morgan fingerprint density at radius 3 is 2.61 bits per heavy atom. The fourth-order valence-electron chi connectivity index (χ4n) is 2.26. The van der Waals surface area contributed by atoms with Crippen molar-refractivity contribution in [2.45, 2.75) is 19.3 Å². The summed E-state index contributed by atoms with van der Waals surface area (Å²) in [5.41, 5.74) is 1.63. The van der Waals surface area contributed by atoms with Crippen LogP contribution in [0.5, 0.6) is 0 Å². The molecule has 0 saturated carbocycles. The number of aldehydes is 1. The highest BCUT2D eigenvalue weighted by molar-refractivity contribution is 5.91. The first kappa shape index (κ1) is 11.2. The summed E-state index contributed by atoms with van der Waals surface area (Å²) in [6, 6.07) is 7.24. The second kappa shape index (κ2) is 4.07. The molecule has 1 aromatic rings. The van der Waals surface area contributed by atoms with Crippen LogP contribution in [0.2, 0.25) is 0 Å². The number of hydrogen-bond donors (Lipinski definition) is 0. The number of ether oxygens (including phenoxy) is 2. The molecule has 0 radical (unpaired) electrons. The zero-order chi connectivity index (χ0) is 12.7. The molecule has 2 heterocycles. The number of benzene rings is 1. The van der Waals surface area contributed by atoms with Crippen molar-refractivity contribution in [3.63, 3.8) is 0 Å². The molecule has 0 aliphatic carbocycles. The van der Waals surface area contributed by atoms with Crippen molar-refractivity contribution < 1.29 is 19.1 Å². The third-order valence-electron chi connectivity index (χ3n) is 3.28. The molecular formula is C14H12O4. The van der Waals surface area contributed by atoms with Gasteiger partial charge in [0.05, 0.1) is 12.0 Å². The van der Waals surface area contributed by atoms with E-state index in [0.29, 0.717) is 11.3 Å². The lowest BCUT2D eigenvalue weighted by molar-refractivity contribution is -0.261. The molecule has 0 aromatic heterocycles. The number of fused-ring (bicyclic) bond motifs is 1. The molecule has 0 unspecified atom stereocenters. The van der Waals surface area contributed by atoms with E-state index in [-0.39, 0.29) is 24.1 Å². The zero-order valence-electron chi connectivity index (χ0n) is 9.83. The first-order chi connectivity index (χ1) is 8.69. The monoisotopic (exact) mass is 244 g/mol. The molecular weight excluding hydrogens is 232 g/mol. The Morgan fingerprint density at radius 1 is 1.28 bits per heavy atom. The summed E-state index contributed by atoms with van der Waals surface area (Å²) in [5, 5.41) is 0. The van der Waals surface area contributed by atoms with Crippen molar-refractivity contribution in [1.82, 2.24) is 0 Å². The fourth-order valence-corrected chi connectivity index (χ4v) is 2.26. The predicted octanol–water partition coefficient (Wildman–Crippen LogP) is 2.02. The second-order valence-electron chi connectivity index (χ2n) is 4.49. The van der Waals surface area contributed by atoms with Gasteiger partial charge in [-0.25, -0.2) is 0 Å². The summed E-state index contributed by atoms with van der Waals surface area (Å²) in [6.07, 6.45) is 2.21. The van der Waals surface area contributed by atoms with Crippen molar-refractivity contribution >= 4 is 12.1 Å². The van der Waals surface area contributed by atoms with E-state index in [2.05, 4.69) is 0 Å². The molecule has 0 bridgehead atoms. The average Bonchev–Trinajstić information content (AvgIpc) is 2.68. The van der Waals surface area contributed by atoms with E-state index in [1.807, 2.05) is 18.2 Å². The van der Waals surface area contributed by atoms with Gasteiger partial charge in [0.2, 0.25) is 6.29 Å². The zero-order valence-corrected chi connectivity index (χ0v) is 9.83. The molecule has 18 heavy (non-hydrogen) atoms. The summed E-state index contributed by atoms with van der Waals surface area (Å²) in [5.74, 6) is 0.394. The van der Waals surface area contributed by atoms with Gasteiger partial charge in [-0.05, 0) is 11.6 Å². The molecule has 0 amide bonds. The normalized spacial score (nSPS) is 28.7. The number of ketones is 1. The van der Waals surface area contributed by atoms with Crippen molar-refractivity contribution in [2.24, 2.45) is 5.92 Å². The fraction of sp³-hybridized carbons (Fsp3) is 0.286. The maximum atomic E-state index is 11.2. The Hall–Kier alpha value is -1.94. The van der Waals surface area contributed by atoms with E-state index < -0.39 is 0 Å². The highest BCUT2D eigenvalue weighted by Gasteiger charge is 2.48. The Kier molecular flexibility index (Phi) is 2.52. The highest BCUT2D eigenvalue weighted by Crippen LogP contribution is 2.47. The van der Waals surface area contributed by atoms with Crippen LogP contribution in [0.3, 0.4) is 0 Å². The van der Waals surface area contributed by atoms with Crippen molar-refractivity contribution in [2.75, 3.05) is 0 Å². The van der Waals surface area contributed by atoms with E-state index in [1.54, 1.807) is 12.1 Å². The summed E-state index contributed by atoms with van der Waals surface area (Å²) in [6.45, 7) is 1.48. The van der Waals surface area contributed by atoms with Crippen LogP contribution >= 0.6 is 0 Å². The van der Waals surface area contributed by atoms with Gasteiger partial charge in [-0.2, -0.15) is 0 Å². The average molecular weight is 244 g/mol. The molecule has 1 aromatic carbocycles. The van der Waals surface area contributed by atoms with Gasteiger partial charge in [0.15, 0.2) is 11.5 Å². The summed E-state index contributed by atoms with van der Waals surface area (Å²) in [4.78, 5) is 21.8. The number of allylic oxidation sites excluding steroid dienone is 1. The molecule has 4 nitrogen and oxygen atoms in total. The molecule has 3 atom stereocenters. The second-order valence-corrected chi connectivity index (χ2v) is 4.49. The lowest BCUT2D eigenvalue weighted by Gasteiger charge is -2.38. The van der Waals surface area contributed by atoms with Crippen LogP contribution in [0.15, 0.2) is 36.1 Å². The third-order valence-corrected chi connectivity index (χ3v) is 3.28. The molecule has 2 aliphatic rings. The topological polar surface area (TPSA) is 52.6 Å². The minimum absolute atomic E-state index is 0.0805. The number of Topliss-reactive ketones (excluding diaryl/α,β-unsaturated/α-hetero) is 1. The maximum absolute atomic E-state index is 11.2. The summed E-state index contributed by atoms with van der Waals surface area (Å²) < 4.78 is 10.9. The molecule has 0 spiro atoms. The smallest absolute Gasteiger partial charge is 0.209 e. The first-order valence-electron chi connectivity index (χ1n) is 5.79. The molecule has 1 saturated heterocycles. The van der Waals surface area contributed by atoms with Crippen LogP contribution in [0.25, 0.3) is 0 Å². The highest BCUT2D eigenvalue weighted by atomic mass is 16.7. The minimum atomic E-state index is -0.334. The van der Waals surface area contributed by atoms with Crippen LogP contribution in [0.4, 0.5) is 0 Å². The van der Waals surface area contributed by atoms with E-state index in [1.165, 1.54) is 6.92 Å². The molecule has 2 aliphatic heterocycles. The van der Waals surface area contributed by atoms with Crippen LogP contribution in [-0.4, -0.2) is 18.4 Å². The molecule has 4 heteroatoms. The van der Waals surface area contributed by atoms with Gasteiger partial charge in [-0.1, -0.05) is 24.3 Å². The Labute approximate surface area is 104 Å². The van der Waals surface area contributed by atoms with Crippen molar-refractivity contribution in [3.05, 3.63) is 47.2 Å². The van der Waals surface area contributed by atoms with Crippen molar-refractivity contribution in [3.8, 4) is 0 Å². The lowest BCUT2D eigenvalue weighted by atomic mass is 9.90. The van der Waals surface area contributed by atoms with Crippen LogP contribution in [0, 0.1) is 5.92 Å². The van der Waals surface area contributed by atoms with E-state index in [4.69, 9.17) is 9.47 Å². The van der Waals surface area contributed by atoms with E-state index in [9.17, 15) is 9.59 Å². The van der Waals surface area contributed by atoms with Gasteiger partial charge in [-0.3, -0.25) is 9.59 Å². The van der Waals surface area contributed by atoms with Crippen LogP contribution in [-0.2, 0) is 14.3 Å². The van der Waals surface area contributed by atoms with E-state index in [0.717, 1.165) is 11.8 Å². The number of rotatable bonds is 3. The summed E-state index contributed by atoms with van der Waals surface area (Å²) >= 11 is 0. The van der Waals surface area contributed by atoms with Gasteiger partial charge in [0, 0.05) is 12.5 Å². The molecule has 92 valence electrons. The quantitative estimate of drug-likeness (QED) is 0.763. The SMILES string of the molecule is CC(=O)C1=C[C@@H]2[C@H](O1)O[C@H]2c1ccc(C=O)cc1. The van der Waals surface area contributed by atoms with Gasteiger partial charge < -0.3 is 9.47 Å². The minimum Gasteiger partial charge on any atom is -0.461 e. The first-order valence-corrected chi connectivity index (χ1v) is 5.79. The third kappa shape index (κ3) is 1.66. The molecule has 3 rings (SSSR count). The largest absolute Gasteiger partial charge is 0.461 e. The Morgan fingerprint density at radius 2 is 2.00 bits per heavy atom. The number of carbonyl (C=O) groups is 2. The van der Waals surface area contributed by atoms with Gasteiger partial charge in [0.25, 0.3) is 0 Å². The van der Waals surface area contributed by atoms with Gasteiger partial charge in [0.1, 0.15) is 6.29 Å². The van der Waals surface area contributed by atoms with Crippen LogP contribution < -0.4 is 0 Å². The van der Waals surface area contributed by atoms with E-state index >= 15 is 0 Å². The van der Waals surface area contributed by atoms with Gasteiger partial charge >= 0.3 is 0 Å². The van der Waals surface area contributed by atoms with Crippen LogP contribution in [0.1, 0.15) is 28.9 Å². The maximum Gasteiger partial charge on any atom is 0.209 e. The lowest BCUT2D eigenvalue weighted by Crippen LogP contribution is -2.39. The molecule has 0 N–H and O–H groups in total. The Bertz CT molecular complexity index is 529. The predicted molar refractivity (Wildman–Crippen MR) is 62.8 cm³/mol. The number of carbonyl (C=O) groups excluding carboxylic acids is 2. The Balaban J connectivity index is 1.79. The number of hydrogen-bond acceptors (Lipinski definition) is 4. The van der Waals surface area contributed by atoms with Gasteiger partial charge in [-0.15, -0.1) is 0 Å².